The molecule has 1 aromatic carbocycles. The normalized spacial score (nSPS) is 16.7. The van der Waals surface area contributed by atoms with Gasteiger partial charge in [-0.2, -0.15) is 0 Å². The van der Waals surface area contributed by atoms with Crippen molar-refractivity contribution in [1.82, 2.24) is 0 Å². The van der Waals surface area contributed by atoms with E-state index in [-0.39, 0.29) is 18.5 Å². The zero-order chi connectivity index (χ0) is 13.3. The van der Waals surface area contributed by atoms with E-state index in [9.17, 15) is 9.59 Å². The lowest BCUT2D eigenvalue weighted by Crippen LogP contribution is -2.42. The van der Waals surface area contributed by atoms with Gasteiger partial charge in [-0.1, -0.05) is 32.9 Å². The summed E-state index contributed by atoms with van der Waals surface area (Å²) in [7, 11) is 0. The van der Waals surface area contributed by atoms with Crippen molar-refractivity contribution in [2.75, 3.05) is 18.0 Å². The maximum atomic E-state index is 11.2. The van der Waals surface area contributed by atoms with E-state index in [0.29, 0.717) is 0 Å². The summed E-state index contributed by atoms with van der Waals surface area (Å²) >= 11 is 0. The number of cyclic esters (lactones) is 2. The number of anilines is 1. The second kappa shape index (κ2) is 4.44. The van der Waals surface area contributed by atoms with Gasteiger partial charge in [-0.15, -0.1) is 0 Å². The molecule has 0 N–H and O–H groups in total. The Balaban J connectivity index is 2.19. The Morgan fingerprint density at radius 2 is 1.50 bits per heavy atom. The van der Waals surface area contributed by atoms with Crippen molar-refractivity contribution >= 4 is 17.6 Å². The van der Waals surface area contributed by atoms with Crippen LogP contribution in [0, 0.1) is 0 Å². The Morgan fingerprint density at radius 3 is 1.94 bits per heavy atom. The molecule has 0 spiro atoms. The van der Waals surface area contributed by atoms with Gasteiger partial charge in [0.2, 0.25) is 0 Å². The Kier molecular flexibility index (Phi) is 3.11. The van der Waals surface area contributed by atoms with Crippen molar-refractivity contribution in [3.63, 3.8) is 0 Å². The van der Waals surface area contributed by atoms with Crippen molar-refractivity contribution < 1.29 is 14.3 Å². The van der Waals surface area contributed by atoms with Crippen LogP contribution in [-0.4, -0.2) is 25.0 Å². The van der Waals surface area contributed by atoms with E-state index in [0.717, 1.165) is 5.69 Å². The van der Waals surface area contributed by atoms with Crippen LogP contribution >= 0.6 is 0 Å². The highest BCUT2D eigenvalue weighted by atomic mass is 16.6. The topological polar surface area (TPSA) is 46.6 Å². The summed E-state index contributed by atoms with van der Waals surface area (Å²) < 4.78 is 4.50. The molecule has 1 aliphatic rings. The van der Waals surface area contributed by atoms with Crippen LogP contribution < -0.4 is 4.90 Å². The first-order valence-electron chi connectivity index (χ1n) is 5.95. The lowest BCUT2D eigenvalue weighted by atomic mass is 9.87. The van der Waals surface area contributed by atoms with Crippen molar-refractivity contribution in [2.24, 2.45) is 0 Å². The summed E-state index contributed by atoms with van der Waals surface area (Å²) in [5.74, 6) is -0.989. The number of benzene rings is 1. The molecule has 1 fully saturated rings. The van der Waals surface area contributed by atoms with E-state index in [4.69, 9.17) is 0 Å². The Hall–Kier alpha value is -1.84. The zero-order valence-corrected chi connectivity index (χ0v) is 10.9. The van der Waals surface area contributed by atoms with Gasteiger partial charge in [-0.25, -0.2) is 9.59 Å². The highest BCUT2D eigenvalue weighted by Gasteiger charge is 2.25. The fourth-order valence-electron chi connectivity index (χ4n) is 1.91. The van der Waals surface area contributed by atoms with Gasteiger partial charge in [-0.3, -0.25) is 0 Å². The largest absolute Gasteiger partial charge is 0.390 e. The molecule has 18 heavy (non-hydrogen) atoms. The number of rotatable bonds is 1. The van der Waals surface area contributed by atoms with Crippen LogP contribution in [0.1, 0.15) is 26.3 Å². The van der Waals surface area contributed by atoms with Gasteiger partial charge >= 0.3 is 11.9 Å². The van der Waals surface area contributed by atoms with Crippen LogP contribution in [-0.2, 0) is 19.7 Å². The van der Waals surface area contributed by atoms with Crippen molar-refractivity contribution in [3.05, 3.63) is 29.8 Å². The molecule has 1 aliphatic heterocycles. The molecule has 4 heteroatoms. The highest BCUT2D eigenvalue weighted by Crippen LogP contribution is 2.25. The monoisotopic (exact) mass is 247 g/mol. The van der Waals surface area contributed by atoms with Gasteiger partial charge in [0.15, 0.2) is 0 Å². The van der Waals surface area contributed by atoms with E-state index >= 15 is 0 Å². The third-order valence-electron chi connectivity index (χ3n) is 2.97. The molecule has 2 rings (SSSR count). The number of carbonyl (C=O) groups excluding carboxylic acids is 2. The quantitative estimate of drug-likeness (QED) is 0.561. The standard InChI is InChI=1S/C14H17NO3/c1-14(2,3)10-4-6-11(7-5-10)15-8-12(16)18-13(17)9-15/h4-7H,8-9H2,1-3H3. The number of ether oxygens (including phenoxy) is 1. The predicted octanol–water partition coefficient (Wildman–Crippen LogP) is 1.87. The predicted molar refractivity (Wildman–Crippen MR) is 68.5 cm³/mol. The van der Waals surface area contributed by atoms with E-state index in [1.807, 2.05) is 24.3 Å². The Morgan fingerprint density at radius 1 is 1.00 bits per heavy atom. The minimum atomic E-state index is -0.494. The third kappa shape index (κ3) is 2.70. The minimum absolute atomic E-state index is 0.0924. The molecule has 1 aromatic rings. The molecular formula is C14H17NO3. The van der Waals surface area contributed by atoms with E-state index in [2.05, 4.69) is 25.5 Å². The van der Waals surface area contributed by atoms with Gasteiger partial charge in [0.05, 0.1) is 0 Å². The lowest BCUT2D eigenvalue weighted by Gasteiger charge is -2.27. The number of hydrogen-bond acceptors (Lipinski definition) is 4. The molecule has 0 saturated carbocycles. The molecular weight excluding hydrogens is 230 g/mol. The van der Waals surface area contributed by atoms with Crippen molar-refractivity contribution in [1.29, 1.82) is 0 Å². The van der Waals surface area contributed by atoms with Crippen LogP contribution in [0.3, 0.4) is 0 Å². The highest BCUT2D eigenvalue weighted by molar-refractivity contribution is 5.94. The molecule has 0 unspecified atom stereocenters. The molecule has 0 radical (unpaired) electrons. The lowest BCUT2D eigenvalue weighted by molar-refractivity contribution is -0.160. The molecule has 4 nitrogen and oxygen atoms in total. The fourth-order valence-corrected chi connectivity index (χ4v) is 1.91. The third-order valence-corrected chi connectivity index (χ3v) is 2.97. The minimum Gasteiger partial charge on any atom is -0.390 e. The summed E-state index contributed by atoms with van der Waals surface area (Å²) in [5.41, 5.74) is 2.18. The van der Waals surface area contributed by atoms with Crippen molar-refractivity contribution in [2.45, 2.75) is 26.2 Å². The molecule has 0 aliphatic carbocycles. The first-order valence-corrected chi connectivity index (χ1v) is 5.95. The van der Waals surface area contributed by atoms with E-state index in [1.165, 1.54) is 5.56 Å². The van der Waals surface area contributed by atoms with Gasteiger partial charge in [-0.05, 0) is 23.1 Å². The molecule has 0 amide bonds. The fraction of sp³-hybridized carbons (Fsp3) is 0.429. The van der Waals surface area contributed by atoms with E-state index in [1.54, 1.807) is 4.90 Å². The van der Waals surface area contributed by atoms with Crippen LogP contribution in [0.2, 0.25) is 0 Å². The smallest absolute Gasteiger partial charge is 0.333 e. The van der Waals surface area contributed by atoms with Gasteiger partial charge in [0.25, 0.3) is 0 Å². The number of hydrogen-bond donors (Lipinski definition) is 0. The summed E-state index contributed by atoms with van der Waals surface area (Å²) in [6.45, 7) is 6.68. The average Bonchev–Trinajstić information content (AvgIpc) is 2.27. The maximum absolute atomic E-state index is 11.2. The van der Waals surface area contributed by atoms with Gasteiger partial charge in [0.1, 0.15) is 13.1 Å². The van der Waals surface area contributed by atoms with Crippen LogP contribution in [0.25, 0.3) is 0 Å². The molecule has 1 saturated heterocycles. The number of esters is 2. The first-order chi connectivity index (χ1) is 8.36. The second-order valence-electron chi connectivity index (χ2n) is 5.50. The van der Waals surface area contributed by atoms with Gasteiger partial charge < -0.3 is 9.64 Å². The summed E-state index contributed by atoms with van der Waals surface area (Å²) in [6, 6.07) is 7.93. The maximum Gasteiger partial charge on any atom is 0.333 e. The summed E-state index contributed by atoms with van der Waals surface area (Å²) in [6.07, 6.45) is 0. The van der Waals surface area contributed by atoms with Gasteiger partial charge in [0, 0.05) is 5.69 Å². The SMILES string of the molecule is CC(C)(C)c1ccc(N2CC(=O)OC(=O)C2)cc1. The average molecular weight is 247 g/mol. The van der Waals surface area contributed by atoms with Crippen LogP contribution in [0.15, 0.2) is 24.3 Å². The van der Waals surface area contributed by atoms with Crippen molar-refractivity contribution in [3.8, 4) is 0 Å². The molecule has 0 aromatic heterocycles. The number of carbonyl (C=O) groups is 2. The Bertz CT molecular complexity index is 455. The Labute approximate surface area is 107 Å². The molecule has 1 heterocycles. The summed E-state index contributed by atoms with van der Waals surface area (Å²) in [5, 5.41) is 0. The van der Waals surface area contributed by atoms with Crippen LogP contribution in [0.4, 0.5) is 5.69 Å². The first kappa shape index (κ1) is 12.6. The van der Waals surface area contributed by atoms with Crippen LogP contribution in [0.5, 0.6) is 0 Å². The summed E-state index contributed by atoms with van der Waals surface area (Å²) in [4.78, 5) is 24.1. The number of morpholine rings is 1. The molecule has 96 valence electrons. The molecule has 0 bridgehead atoms. The molecule has 0 atom stereocenters. The van der Waals surface area contributed by atoms with E-state index < -0.39 is 11.9 Å². The second-order valence-corrected chi connectivity index (χ2v) is 5.50. The zero-order valence-electron chi connectivity index (χ0n) is 10.9. The number of nitrogens with zero attached hydrogens (tertiary/aromatic N) is 1.